The molecule has 0 bridgehead atoms. The Morgan fingerprint density at radius 1 is 1.05 bits per heavy atom. The Balaban J connectivity index is 1.50. The number of para-hydroxylation sites is 1. The van der Waals surface area contributed by atoms with Gasteiger partial charge in [-0.25, -0.2) is 22.9 Å². The average molecular weight is 629 g/mol. The number of hydrogen-bond acceptors (Lipinski definition) is 8. The van der Waals surface area contributed by atoms with Gasteiger partial charge in [0.05, 0.1) is 20.9 Å². The van der Waals surface area contributed by atoms with Gasteiger partial charge in [-0.2, -0.15) is 0 Å². The van der Waals surface area contributed by atoms with Crippen LogP contribution in [0.2, 0.25) is 0 Å². The van der Waals surface area contributed by atoms with E-state index < -0.39 is 27.6 Å². The van der Waals surface area contributed by atoms with Gasteiger partial charge in [0.25, 0.3) is 5.91 Å². The maximum atomic E-state index is 13.6. The summed E-state index contributed by atoms with van der Waals surface area (Å²) in [6.45, 7) is 8.74. The lowest BCUT2D eigenvalue weighted by molar-refractivity contribution is -0.118. The fourth-order valence-corrected chi connectivity index (χ4v) is 7.70. The highest BCUT2D eigenvalue weighted by Crippen LogP contribution is 2.40. The molecule has 0 atom stereocenters. The number of carbonyl (C=O) groups is 2. The Kier molecular flexibility index (Phi) is 10.5. The van der Waals surface area contributed by atoms with Crippen molar-refractivity contribution in [3.05, 3.63) is 59.7 Å². The van der Waals surface area contributed by atoms with Gasteiger partial charge in [0.1, 0.15) is 5.75 Å². The molecule has 3 N–H and O–H groups in total. The highest BCUT2D eigenvalue weighted by Gasteiger charge is 2.29. The SMILES string of the molecule is CC(C)OC(=O)NC1CCC(c2ncc(-c3ccc(NC(=O)COc4ccccc4)cc3S(=O)(=O)NC(C)(C)C)s2)CC1. The number of nitrogens with zero attached hydrogens (tertiary/aromatic N) is 1. The summed E-state index contributed by atoms with van der Waals surface area (Å²) in [4.78, 5) is 30.0. The van der Waals surface area contributed by atoms with Crippen LogP contribution in [0.1, 0.15) is 71.2 Å². The molecule has 4 rings (SSSR count). The van der Waals surface area contributed by atoms with Gasteiger partial charge in [-0.1, -0.05) is 24.3 Å². The Morgan fingerprint density at radius 2 is 1.74 bits per heavy atom. The van der Waals surface area contributed by atoms with E-state index in [1.165, 1.54) is 17.4 Å². The predicted molar refractivity (Wildman–Crippen MR) is 168 cm³/mol. The molecular weight excluding hydrogens is 588 g/mol. The number of carbonyl (C=O) groups excluding carboxylic acids is 2. The van der Waals surface area contributed by atoms with Crippen LogP contribution in [0.5, 0.6) is 5.75 Å². The molecule has 1 saturated carbocycles. The van der Waals surface area contributed by atoms with E-state index in [9.17, 15) is 18.0 Å². The van der Waals surface area contributed by atoms with Crippen LogP contribution in [0.15, 0.2) is 59.6 Å². The minimum Gasteiger partial charge on any atom is -0.484 e. The summed E-state index contributed by atoms with van der Waals surface area (Å²) in [5.41, 5.74) is 0.128. The number of alkyl carbamates (subject to hydrolysis) is 1. The number of rotatable bonds is 10. The van der Waals surface area contributed by atoms with Crippen LogP contribution in [-0.4, -0.2) is 49.7 Å². The van der Waals surface area contributed by atoms with Gasteiger partial charge < -0.3 is 20.1 Å². The largest absolute Gasteiger partial charge is 0.484 e. The van der Waals surface area contributed by atoms with Gasteiger partial charge in [0, 0.05) is 34.9 Å². The zero-order valence-corrected chi connectivity index (χ0v) is 26.8. The van der Waals surface area contributed by atoms with Crippen molar-refractivity contribution in [1.82, 2.24) is 15.0 Å². The first-order valence-electron chi connectivity index (χ1n) is 14.4. The van der Waals surface area contributed by atoms with E-state index in [0.717, 1.165) is 35.6 Å². The molecule has 0 saturated heterocycles. The maximum Gasteiger partial charge on any atom is 0.407 e. The van der Waals surface area contributed by atoms with Gasteiger partial charge in [0.2, 0.25) is 10.0 Å². The number of benzene rings is 2. The fraction of sp³-hybridized carbons (Fsp3) is 0.452. The summed E-state index contributed by atoms with van der Waals surface area (Å²) >= 11 is 1.47. The smallest absolute Gasteiger partial charge is 0.407 e. The molecular formula is C31H40N4O6S2. The van der Waals surface area contributed by atoms with E-state index in [4.69, 9.17) is 9.47 Å². The third kappa shape index (κ3) is 9.50. The minimum absolute atomic E-state index is 0.0518. The normalized spacial score (nSPS) is 17.3. The lowest BCUT2D eigenvalue weighted by Gasteiger charge is -2.28. The van der Waals surface area contributed by atoms with E-state index in [1.807, 2.05) is 32.0 Å². The molecule has 12 heteroatoms. The van der Waals surface area contributed by atoms with Crippen LogP contribution < -0.4 is 20.1 Å². The Bertz CT molecular complexity index is 1510. The summed E-state index contributed by atoms with van der Waals surface area (Å²) < 4.78 is 40.6. The number of anilines is 1. The number of amides is 2. The minimum atomic E-state index is -3.96. The molecule has 1 heterocycles. The molecule has 232 valence electrons. The summed E-state index contributed by atoms with van der Waals surface area (Å²) in [6.07, 6.45) is 4.47. The third-order valence-corrected chi connectivity index (χ3v) is 9.63. The van der Waals surface area contributed by atoms with E-state index in [-0.39, 0.29) is 29.6 Å². The molecule has 43 heavy (non-hydrogen) atoms. The second-order valence-corrected chi connectivity index (χ2v) is 14.6. The quantitative estimate of drug-likeness (QED) is 0.248. The van der Waals surface area contributed by atoms with Crippen molar-refractivity contribution in [2.45, 2.75) is 88.8 Å². The zero-order chi connectivity index (χ0) is 31.2. The number of ether oxygens (including phenoxy) is 2. The van der Waals surface area contributed by atoms with Gasteiger partial charge in [-0.05, 0) is 84.6 Å². The van der Waals surface area contributed by atoms with Crippen molar-refractivity contribution in [2.75, 3.05) is 11.9 Å². The highest BCUT2D eigenvalue weighted by molar-refractivity contribution is 7.89. The van der Waals surface area contributed by atoms with Crippen LogP contribution in [0.4, 0.5) is 10.5 Å². The van der Waals surface area contributed by atoms with Crippen LogP contribution >= 0.6 is 11.3 Å². The second-order valence-electron chi connectivity index (χ2n) is 11.9. The molecule has 0 radical (unpaired) electrons. The molecule has 2 amide bonds. The Hall–Kier alpha value is -3.48. The molecule has 1 aliphatic rings. The fourth-order valence-electron chi connectivity index (χ4n) is 4.85. The lowest BCUT2D eigenvalue weighted by Crippen LogP contribution is -2.40. The number of aromatic nitrogens is 1. The van der Waals surface area contributed by atoms with Crippen LogP contribution in [0, 0.1) is 0 Å². The first-order valence-corrected chi connectivity index (χ1v) is 16.7. The molecule has 3 aromatic rings. The molecule has 0 aliphatic heterocycles. The zero-order valence-electron chi connectivity index (χ0n) is 25.2. The summed E-state index contributed by atoms with van der Waals surface area (Å²) in [6, 6.07) is 13.9. The first kappa shape index (κ1) is 32.4. The van der Waals surface area contributed by atoms with Gasteiger partial charge in [-0.15, -0.1) is 11.3 Å². The summed E-state index contributed by atoms with van der Waals surface area (Å²) in [7, 11) is -3.96. The third-order valence-electron chi connectivity index (χ3n) is 6.64. The van der Waals surface area contributed by atoms with Crippen molar-refractivity contribution in [1.29, 1.82) is 0 Å². The van der Waals surface area contributed by atoms with Gasteiger partial charge in [0.15, 0.2) is 6.61 Å². The van der Waals surface area contributed by atoms with Crippen LogP contribution in [0.25, 0.3) is 10.4 Å². The molecule has 1 fully saturated rings. The molecule has 0 spiro atoms. The van der Waals surface area contributed by atoms with Crippen molar-refractivity contribution in [3.63, 3.8) is 0 Å². The van der Waals surface area contributed by atoms with E-state index >= 15 is 0 Å². The molecule has 10 nitrogen and oxygen atoms in total. The number of hydrogen-bond donors (Lipinski definition) is 3. The van der Waals surface area contributed by atoms with Crippen LogP contribution in [0.3, 0.4) is 0 Å². The van der Waals surface area contributed by atoms with E-state index in [0.29, 0.717) is 17.0 Å². The van der Waals surface area contributed by atoms with Crippen molar-refractivity contribution in [3.8, 4) is 16.2 Å². The predicted octanol–water partition coefficient (Wildman–Crippen LogP) is 6.07. The van der Waals surface area contributed by atoms with Crippen molar-refractivity contribution >= 4 is 39.0 Å². The second kappa shape index (κ2) is 13.9. The maximum absolute atomic E-state index is 13.6. The standard InChI is InChI=1S/C31H40N4O6S2/c1-20(2)41-30(37)34-22-13-11-21(12-14-22)29-32-18-26(42-29)25-16-15-23(17-27(25)43(38,39)35-31(3,4)5)33-28(36)19-40-24-9-7-6-8-10-24/h6-10,15-18,20-22,35H,11-14,19H2,1-5H3,(H,33,36)(H,34,37). The summed E-state index contributed by atoms with van der Waals surface area (Å²) in [5, 5.41) is 6.62. The first-order chi connectivity index (χ1) is 20.3. The Morgan fingerprint density at radius 3 is 2.40 bits per heavy atom. The van der Waals surface area contributed by atoms with E-state index in [2.05, 4.69) is 20.3 Å². The molecule has 2 aromatic carbocycles. The molecule has 1 aromatic heterocycles. The highest BCUT2D eigenvalue weighted by atomic mass is 32.2. The molecule has 1 aliphatic carbocycles. The Labute approximate surface area is 257 Å². The van der Waals surface area contributed by atoms with Crippen LogP contribution in [-0.2, 0) is 19.6 Å². The molecule has 0 unspecified atom stereocenters. The summed E-state index contributed by atoms with van der Waals surface area (Å²) in [5.74, 6) is 0.366. The average Bonchev–Trinajstić information content (AvgIpc) is 3.41. The van der Waals surface area contributed by atoms with Crippen molar-refractivity contribution in [2.24, 2.45) is 0 Å². The monoisotopic (exact) mass is 628 g/mol. The lowest BCUT2D eigenvalue weighted by atomic mass is 9.86. The van der Waals surface area contributed by atoms with E-state index in [1.54, 1.807) is 51.2 Å². The number of sulfonamides is 1. The topological polar surface area (TPSA) is 136 Å². The van der Waals surface area contributed by atoms with Crippen molar-refractivity contribution < 1.29 is 27.5 Å². The van der Waals surface area contributed by atoms with Gasteiger partial charge in [-0.3, -0.25) is 4.79 Å². The number of thiazole rings is 1. The van der Waals surface area contributed by atoms with Gasteiger partial charge >= 0.3 is 6.09 Å². The number of nitrogens with one attached hydrogen (secondary N) is 3.